The van der Waals surface area contributed by atoms with Crippen molar-refractivity contribution in [2.24, 2.45) is 0 Å². The molecule has 0 amide bonds. The van der Waals surface area contributed by atoms with Crippen molar-refractivity contribution in [1.82, 2.24) is 4.90 Å². The lowest BCUT2D eigenvalue weighted by atomic mass is 10.1. The van der Waals surface area contributed by atoms with Gasteiger partial charge in [-0.05, 0) is 5.56 Å². The largest absolute Gasteiger partial charge is 0.494 e. The van der Waals surface area contributed by atoms with Gasteiger partial charge in [0.2, 0.25) is 5.88 Å². The van der Waals surface area contributed by atoms with Crippen LogP contribution >= 0.6 is 0 Å². The zero-order valence-electron chi connectivity index (χ0n) is 9.12. The summed E-state index contributed by atoms with van der Waals surface area (Å²) < 4.78 is 11.8. The van der Waals surface area contributed by atoms with Crippen LogP contribution in [0.15, 0.2) is 46.7 Å². The van der Waals surface area contributed by atoms with Crippen LogP contribution in [-0.2, 0) is 10.8 Å². The van der Waals surface area contributed by atoms with Crippen molar-refractivity contribution >= 4 is 16.4 Å². The molecule has 0 radical (unpaired) electrons. The van der Waals surface area contributed by atoms with E-state index in [1.165, 1.54) is 10.3 Å². The maximum atomic E-state index is 11.8. The molecule has 2 rings (SSSR count). The highest BCUT2D eigenvalue weighted by Crippen LogP contribution is 2.29. The molecule has 0 aliphatic carbocycles. The zero-order chi connectivity index (χ0) is 12.4. The van der Waals surface area contributed by atoms with Crippen LogP contribution in [0.2, 0.25) is 0 Å². The average molecular weight is 246 g/mol. The molecule has 1 aromatic rings. The van der Waals surface area contributed by atoms with E-state index < -0.39 is 10.8 Å². The molecule has 1 atom stereocenters. The molecule has 0 bridgehead atoms. The monoisotopic (exact) mass is 246 g/mol. The van der Waals surface area contributed by atoms with Gasteiger partial charge in [-0.15, -0.1) is 0 Å². The first-order chi connectivity index (χ1) is 8.15. The minimum Gasteiger partial charge on any atom is -0.494 e. The molecule has 5 heteroatoms. The summed E-state index contributed by atoms with van der Waals surface area (Å²) in [6.07, 6.45) is 0. The van der Waals surface area contributed by atoms with E-state index in [2.05, 4.69) is 0 Å². The predicted octanol–water partition coefficient (Wildman–Crippen LogP) is 1.93. The highest BCUT2D eigenvalue weighted by molar-refractivity contribution is 7.92. The first-order valence-electron chi connectivity index (χ1n) is 4.90. The Kier molecular flexibility index (Phi) is 2.98. The third-order valence-corrected chi connectivity index (χ3v) is 3.72. The van der Waals surface area contributed by atoms with Gasteiger partial charge in [-0.2, -0.15) is 5.26 Å². The van der Waals surface area contributed by atoms with Gasteiger partial charge in [0, 0.05) is 7.05 Å². The quantitative estimate of drug-likeness (QED) is 0.769. The summed E-state index contributed by atoms with van der Waals surface area (Å²) in [4.78, 5) is 1.36. The lowest BCUT2D eigenvalue weighted by Gasteiger charge is -2.14. The molecule has 0 saturated heterocycles. The molecule has 0 fully saturated rings. The van der Waals surface area contributed by atoms with Crippen LogP contribution in [0.25, 0.3) is 5.57 Å². The Morgan fingerprint density at radius 1 is 1.41 bits per heavy atom. The lowest BCUT2D eigenvalue weighted by molar-refractivity contribution is 0.285. The van der Waals surface area contributed by atoms with Gasteiger partial charge in [-0.1, -0.05) is 30.3 Å². The molecule has 1 unspecified atom stereocenters. The van der Waals surface area contributed by atoms with Crippen LogP contribution in [0.3, 0.4) is 0 Å². The van der Waals surface area contributed by atoms with Gasteiger partial charge in [0.1, 0.15) is 21.9 Å². The van der Waals surface area contributed by atoms with Gasteiger partial charge >= 0.3 is 0 Å². The van der Waals surface area contributed by atoms with Crippen molar-refractivity contribution in [3.63, 3.8) is 0 Å². The molecule has 1 heterocycles. The first kappa shape index (κ1) is 11.4. The Morgan fingerprint density at radius 3 is 2.53 bits per heavy atom. The highest BCUT2D eigenvalue weighted by Gasteiger charge is 2.27. The normalized spacial score (nSPS) is 22.0. The summed E-state index contributed by atoms with van der Waals surface area (Å²) in [5.74, 6) is -0.0954. The standard InChI is InChI=1S/C12H10N2O2S/c1-14-11(15)8-17(16)12(14)10(7-13)9-5-3-2-4-6-9/h2-6,8,15H,1H3/b12-10-. The predicted molar refractivity (Wildman–Crippen MR) is 65.6 cm³/mol. The van der Waals surface area contributed by atoms with Gasteiger partial charge in [0.15, 0.2) is 0 Å². The molecule has 1 aliphatic rings. The van der Waals surface area contributed by atoms with Gasteiger partial charge < -0.3 is 10.0 Å². The van der Waals surface area contributed by atoms with Crippen molar-refractivity contribution in [2.45, 2.75) is 0 Å². The van der Waals surface area contributed by atoms with E-state index in [0.717, 1.165) is 0 Å². The van der Waals surface area contributed by atoms with Crippen molar-refractivity contribution in [2.75, 3.05) is 7.05 Å². The topological polar surface area (TPSA) is 64.3 Å². The molecule has 0 spiro atoms. The number of rotatable bonds is 1. The van der Waals surface area contributed by atoms with Gasteiger partial charge in [0.05, 0.1) is 11.0 Å². The van der Waals surface area contributed by atoms with Gasteiger partial charge in [-0.3, -0.25) is 0 Å². The number of hydrogen-bond acceptors (Lipinski definition) is 4. The van der Waals surface area contributed by atoms with Crippen molar-refractivity contribution in [3.8, 4) is 6.07 Å². The van der Waals surface area contributed by atoms with Crippen molar-refractivity contribution in [1.29, 1.82) is 5.26 Å². The van der Waals surface area contributed by atoms with E-state index in [-0.39, 0.29) is 5.88 Å². The van der Waals surface area contributed by atoms with E-state index in [0.29, 0.717) is 16.2 Å². The zero-order valence-corrected chi connectivity index (χ0v) is 9.94. The van der Waals surface area contributed by atoms with E-state index in [1.807, 2.05) is 12.1 Å². The summed E-state index contributed by atoms with van der Waals surface area (Å²) in [6, 6.07) is 11.0. The number of aliphatic hydroxyl groups excluding tert-OH is 1. The molecule has 86 valence electrons. The lowest BCUT2D eigenvalue weighted by Crippen LogP contribution is -2.14. The van der Waals surface area contributed by atoms with Gasteiger partial charge in [0.25, 0.3) is 0 Å². The summed E-state index contributed by atoms with van der Waals surface area (Å²) in [5.41, 5.74) is 1.00. The summed E-state index contributed by atoms with van der Waals surface area (Å²) >= 11 is 0. The second-order valence-electron chi connectivity index (χ2n) is 3.49. The number of allylic oxidation sites excluding steroid dienone is 1. The Bertz CT molecular complexity index is 570. The maximum absolute atomic E-state index is 11.8. The van der Waals surface area contributed by atoms with E-state index in [9.17, 15) is 14.6 Å². The van der Waals surface area contributed by atoms with Gasteiger partial charge in [-0.25, -0.2) is 4.21 Å². The van der Waals surface area contributed by atoms with Crippen molar-refractivity contribution in [3.05, 3.63) is 52.2 Å². The summed E-state index contributed by atoms with van der Waals surface area (Å²) in [5, 5.41) is 20.2. The minimum atomic E-state index is -1.48. The Morgan fingerprint density at radius 2 is 2.06 bits per heavy atom. The fourth-order valence-electron chi connectivity index (χ4n) is 1.58. The Balaban J connectivity index is 2.58. The van der Waals surface area contributed by atoms with Crippen LogP contribution in [0.1, 0.15) is 5.56 Å². The van der Waals surface area contributed by atoms with E-state index in [4.69, 9.17) is 0 Å². The highest BCUT2D eigenvalue weighted by atomic mass is 32.2. The maximum Gasteiger partial charge on any atom is 0.201 e. The van der Waals surface area contributed by atoms with Crippen molar-refractivity contribution < 1.29 is 9.32 Å². The molecule has 0 aromatic heterocycles. The smallest absolute Gasteiger partial charge is 0.201 e. The number of nitrogens with zero attached hydrogens (tertiary/aromatic N) is 2. The molecule has 1 aliphatic heterocycles. The second kappa shape index (κ2) is 4.44. The molecular formula is C12H10N2O2S. The summed E-state index contributed by atoms with van der Waals surface area (Å²) in [7, 11) is 0.0955. The van der Waals surface area contributed by atoms with E-state index >= 15 is 0 Å². The molecule has 1 N–H and O–H groups in total. The molecular weight excluding hydrogens is 236 g/mol. The second-order valence-corrected chi connectivity index (χ2v) is 4.71. The summed E-state index contributed by atoms with van der Waals surface area (Å²) in [6.45, 7) is 0. The van der Waals surface area contributed by atoms with Crippen LogP contribution in [-0.4, -0.2) is 21.3 Å². The van der Waals surface area contributed by atoms with Crippen LogP contribution in [0.4, 0.5) is 0 Å². The fourth-order valence-corrected chi connectivity index (χ4v) is 2.77. The molecule has 4 nitrogen and oxygen atoms in total. The first-order valence-corrected chi connectivity index (χ1v) is 6.11. The third-order valence-electron chi connectivity index (χ3n) is 2.44. The van der Waals surface area contributed by atoms with Crippen LogP contribution < -0.4 is 0 Å². The Labute approximate surface area is 102 Å². The third kappa shape index (κ3) is 1.95. The Hall–Kier alpha value is -2.06. The van der Waals surface area contributed by atoms with Crippen LogP contribution in [0.5, 0.6) is 0 Å². The average Bonchev–Trinajstić information content (AvgIpc) is 2.58. The fraction of sp³-hybridized carbons (Fsp3) is 0.0833. The number of aliphatic hydroxyl groups is 1. The number of hydrogen-bond donors (Lipinski definition) is 1. The molecule has 17 heavy (non-hydrogen) atoms. The number of nitriles is 1. The SMILES string of the molecule is CN1C(O)=CS(=O)/C1=C(/C#N)c1ccccc1. The van der Waals surface area contributed by atoms with Crippen LogP contribution in [0, 0.1) is 11.3 Å². The molecule has 0 saturated carbocycles. The molecule has 1 aromatic carbocycles. The number of benzene rings is 1. The minimum absolute atomic E-state index is 0.0954. The van der Waals surface area contributed by atoms with E-state index in [1.54, 1.807) is 31.3 Å².